The van der Waals surface area contributed by atoms with Crippen LogP contribution in [0.1, 0.15) is 18.9 Å². The van der Waals surface area contributed by atoms with Gasteiger partial charge in [0.25, 0.3) is 5.69 Å². The van der Waals surface area contributed by atoms with Gasteiger partial charge in [-0.15, -0.1) is 11.6 Å². The Kier molecular flexibility index (Phi) is 5.10. The van der Waals surface area contributed by atoms with Crippen LogP contribution in [-0.4, -0.2) is 16.6 Å². The summed E-state index contributed by atoms with van der Waals surface area (Å²) < 4.78 is 0. The van der Waals surface area contributed by atoms with E-state index in [4.69, 9.17) is 11.6 Å². The van der Waals surface area contributed by atoms with Gasteiger partial charge < -0.3 is 0 Å². The maximum Gasteiger partial charge on any atom is 0.269 e. The molecule has 0 spiro atoms. The van der Waals surface area contributed by atoms with Crippen molar-refractivity contribution < 1.29 is 9.72 Å². The molecule has 0 aliphatic heterocycles. The highest BCUT2D eigenvalue weighted by Crippen LogP contribution is 2.18. The molecule has 0 aliphatic rings. The van der Waals surface area contributed by atoms with Crippen LogP contribution in [0.4, 0.5) is 5.69 Å². The number of carbonyl (C=O) groups is 1. The molecule has 0 bridgehead atoms. The number of Topliss-reactive ketones (excluding diaryl/α,β-unsaturated/α-hetero) is 1. The molecule has 0 N–H and O–H groups in total. The molecule has 5 heteroatoms. The van der Waals surface area contributed by atoms with Gasteiger partial charge in [0.15, 0.2) is 0 Å². The monoisotopic (exact) mass is 255 g/mol. The van der Waals surface area contributed by atoms with Crippen LogP contribution in [0.5, 0.6) is 0 Å². The minimum Gasteiger partial charge on any atom is -0.300 e. The highest BCUT2D eigenvalue weighted by molar-refractivity contribution is 6.18. The topological polar surface area (TPSA) is 60.2 Å². The van der Waals surface area contributed by atoms with Crippen molar-refractivity contribution in [3.8, 4) is 0 Å². The lowest BCUT2D eigenvalue weighted by Crippen LogP contribution is -2.14. The molecule has 0 saturated heterocycles. The number of halogens is 1. The van der Waals surface area contributed by atoms with Gasteiger partial charge in [-0.3, -0.25) is 14.9 Å². The molecule has 0 saturated carbocycles. The van der Waals surface area contributed by atoms with Crippen molar-refractivity contribution in [3.63, 3.8) is 0 Å². The molecule has 1 rings (SSSR count). The zero-order chi connectivity index (χ0) is 12.8. The minimum atomic E-state index is -0.437. The number of non-ortho nitro benzene ring substituents is 1. The van der Waals surface area contributed by atoms with E-state index in [2.05, 4.69) is 0 Å². The van der Waals surface area contributed by atoms with Crippen LogP contribution in [0.15, 0.2) is 24.3 Å². The maximum atomic E-state index is 11.4. The number of ketones is 1. The van der Waals surface area contributed by atoms with Gasteiger partial charge >= 0.3 is 0 Å². The van der Waals surface area contributed by atoms with E-state index in [0.29, 0.717) is 18.7 Å². The molecular formula is C12H14ClNO3. The number of carbonyl (C=O) groups excluding carboxylic acids is 1. The van der Waals surface area contributed by atoms with E-state index in [1.165, 1.54) is 19.1 Å². The Balaban J connectivity index is 2.82. The summed E-state index contributed by atoms with van der Waals surface area (Å²) in [6, 6.07) is 6.36. The van der Waals surface area contributed by atoms with Crippen molar-refractivity contribution in [3.05, 3.63) is 39.9 Å². The van der Waals surface area contributed by atoms with E-state index in [1.807, 2.05) is 0 Å². The Morgan fingerprint density at radius 3 is 2.76 bits per heavy atom. The zero-order valence-corrected chi connectivity index (χ0v) is 10.3. The summed E-state index contributed by atoms with van der Waals surface area (Å²) in [5.74, 6) is 0.325. The second-order valence-corrected chi connectivity index (χ2v) is 4.29. The molecule has 0 amide bonds. The molecule has 4 nitrogen and oxygen atoms in total. The lowest BCUT2D eigenvalue weighted by molar-refractivity contribution is -0.384. The van der Waals surface area contributed by atoms with Crippen LogP contribution in [0, 0.1) is 16.0 Å². The zero-order valence-electron chi connectivity index (χ0n) is 9.56. The molecule has 1 aromatic carbocycles. The number of nitrogens with zero attached hydrogens (tertiary/aromatic N) is 1. The molecule has 0 aromatic heterocycles. The largest absolute Gasteiger partial charge is 0.300 e. The molecule has 1 atom stereocenters. The van der Waals surface area contributed by atoms with Gasteiger partial charge in [-0.25, -0.2) is 0 Å². The summed E-state index contributed by atoms with van der Waals surface area (Å²) in [5.41, 5.74) is 0.847. The maximum absolute atomic E-state index is 11.4. The first kappa shape index (κ1) is 13.6. The van der Waals surface area contributed by atoms with Crippen LogP contribution in [-0.2, 0) is 11.2 Å². The summed E-state index contributed by atoms with van der Waals surface area (Å²) in [6.45, 7) is 1.52. The van der Waals surface area contributed by atoms with E-state index >= 15 is 0 Å². The van der Waals surface area contributed by atoms with Crippen LogP contribution in [0.25, 0.3) is 0 Å². The van der Waals surface area contributed by atoms with Gasteiger partial charge in [0.2, 0.25) is 0 Å². The first-order valence-electron chi connectivity index (χ1n) is 5.34. The predicted molar refractivity (Wildman–Crippen MR) is 66.3 cm³/mol. The third kappa shape index (κ3) is 4.15. The van der Waals surface area contributed by atoms with E-state index in [-0.39, 0.29) is 17.4 Å². The second-order valence-electron chi connectivity index (χ2n) is 3.92. The number of alkyl halides is 1. The van der Waals surface area contributed by atoms with E-state index < -0.39 is 4.92 Å². The third-order valence-electron chi connectivity index (χ3n) is 2.64. The van der Waals surface area contributed by atoms with Crippen LogP contribution >= 0.6 is 11.6 Å². The van der Waals surface area contributed by atoms with Gasteiger partial charge in [0, 0.05) is 23.9 Å². The van der Waals surface area contributed by atoms with Gasteiger partial charge in [-0.2, -0.15) is 0 Å². The van der Waals surface area contributed by atoms with E-state index in [9.17, 15) is 14.9 Å². The minimum absolute atomic E-state index is 0.0516. The number of nitro benzene ring substituents is 1. The highest BCUT2D eigenvalue weighted by Gasteiger charge is 2.15. The summed E-state index contributed by atoms with van der Waals surface area (Å²) in [5, 5.41) is 10.6. The van der Waals surface area contributed by atoms with Crippen molar-refractivity contribution in [1.29, 1.82) is 0 Å². The van der Waals surface area contributed by atoms with Gasteiger partial charge in [0.05, 0.1) is 4.92 Å². The molecule has 0 heterocycles. The summed E-state index contributed by atoms with van der Waals surface area (Å²) in [7, 11) is 0. The first-order chi connectivity index (χ1) is 8.04. The lowest BCUT2D eigenvalue weighted by Gasteiger charge is -2.11. The van der Waals surface area contributed by atoms with Crippen molar-refractivity contribution in [2.45, 2.75) is 19.8 Å². The number of benzene rings is 1. The number of hydrogen-bond donors (Lipinski definition) is 0. The fourth-order valence-electron chi connectivity index (χ4n) is 1.66. The normalized spacial score (nSPS) is 12.1. The fourth-order valence-corrected chi connectivity index (χ4v) is 1.93. The molecule has 0 fully saturated rings. The predicted octanol–water partition coefficient (Wildman–Crippen LogP) is 2.97. The van der Waals surface area contributed by atoms with E-state index in [0.717, 1.165) is 5.56 Å². The Labute approximate surface area is 105 Å². The lowest BCUT2D eigenvalue weighted by atomic mass is 9.93. The summed E-state index contributed by atoms with van der Waals surface area (Å²) in [6.07, 6.45) is 1.10. The van der Waals surface area contributed by atoms with Gasteiger partial charge in [-0.1, -0.05) is 12.1 Å². The van der Waals surface area contributed by atoms with Crippen LogP contribution in [0.3, 0.4) is 0 Å². The number of hydrogen-bond acceptors (Lipinski definition) is 3. The number of nitro groups is 1. The highest BCUT2D eigenvalue weighted by atomic mass is 35.5. The molecule has 0 aliphatic carbocycles. The Morgan fingerprint density at radius 2 is 2.24 bits per heavy atom. The first-order valence-corrected chi connectivity index (χ1v) is 5.87. The molecule has 1 unspecified atom stereocenters. The Morgan fingerprint density at radius 1 is 1.53 bits per heavy atom. The molecule has 1 aromatic rings. The average Bonchev–Trinajstić information content (AvgIpc) is 2.28. The Bertz CT molecular complexity index is 420. The van der Waals surface area contributed by atoms with Crippen molar-refractivity contribution in [2.75, 3.05) is 5.88 Å². The third-order valence-corrected chi connectivity index (χ3v) is 2.85. The van der Waals surface area contributed by atoms with Gasteiger partial charge in [-0.05, 0) is 25.3 Å². The van der Waals surface area contributed by atoms with Gasteiger partial charge in [0.1, 0.15) is 5.78 Å². The van der Waals surface area contributed by atoms with E-state index in [1.54, 1.807) is 12.1 Å². The molecule has 17 heavy (non-hydrogen) atoms. The molecule has 92 valence electrons. The fraction of sp³-hybridized carbons (Fsp3) is 0.417. The molecular weight excluding hydrogens is 242 g/mol. The summed E-state index contributed by atoms with van der Waals surface area (Å²) in [4.78, 5) is 21.5. The second kappa shape index (κ2) is 6.35. The molecule has 0 radical (unpaired) electrons. The summed E-state index contributed by atoms with van der Waals surface area (Å²) >= 11 is 5.63. The quantitative estimate of drug-likeness (QED) is 0.446. The van der Waals surface area contributed by atoms with Crippen molar-refractivity contribution in [1.82, 2.24) is 0 Å². The number of rotatable bonds is 6. The SMILES string of the molecule is CC(=O)C(CCCl)Cc1cccc([N+](=O)[O-])c1. The average molecular weight is 256 g/mol. The smallest absolute Gasteiger partial charge is 0.269 e. The van der Waals surface area contributed by atoms with Crippen LogP contribution < -0.4 is 0 Å². The van der Waals surface area contributed by atoms with Crippen molar-refractivity contribution >= 4 is 23.1 Å². The van der Waals surface area contributed by atoms with Crippen molar-refractivity contribution in [2.24, 2.45) is 5.92 Å². The Hall–Kier alpha value is -1.42. The standard InChI is InChI=1S/C12H14ClNO3/c1-9(15)11(5-6-13)7-10-3-2-4-12(8-10)14(16)17/h2-4,8,11H,5-7H2,1H3. The van der Waals surface area contributed by atoms with Crippen LogP contribution in [0.2, 0.25) is 0 Å².